The van der Waals surface area contributed by atoms with Gasteiger partial charge in [0.2, 0.25) is 5.96 Å². The first-order valence-electron chi connectivity index (χ1n) is 5.41. The molecule has 0 radical (unpaired) electrons. The second-order valence-corrected chi connectivity index (χ2v) is 3.62. The molecule has 2 rings (SSSR count). The quantitative estimate of drug-likeness (QED) is 0.528. The van der Waals surface area contributed by atoms with E-state index in [1.165, 1.54) is 0 Å². The summed E-state index contributed by atoms with van der Waals surface area (Å²) >= 11 is 0. The maximum absolute atomic E-state index is 5.54. The Kier molecular flexibility index (Phi) is 3.13. The zero-order valence-electron chi connectivity index (χ0n) is 9.92. The van der Waals surface area contributed by atoms with E-state index in [1.807, 2.05) is 6.92 Å². The molecule has 18 heavy (non-hydrogen) atoms. The van der Waals surface area contributed by atoms with Crippen LogP contribution >= 0.6 is 0 Å². The van der Waals surface area contributed by atoms with Crippen molar-refractivity contribution in [3.05, 3.63) is 24.1 Å². The molecule has 0 bridgehead atoms. The second-order valence-electron chi connectivity index (χ2n) is 3.62. The van der Waals surface area contributed by atoms with Gasteiger partial charge < -0.3 is 21.6 Å². The van der Waals surface area contributed by atoms with Crippen molar-refractivity contribution in [1.82, 2.24) is 4.98 Å². The number of aryl methyl sites for hydroxylation is 1. The number of hydrogen-bond acceptors (Lipinski definition) is 3. The SMILES string of the molecule is CCc1nc2ccc(N=C(N)N=C(N)N)cc2o1. The summed E-state index contributed by atoms with van der Waals surface area (Å²) in [5, 5.41) is 0. The van der Waals surface area contributed by atoms with Crippen LogP contribution in [-0.2, 0) is 6.42 Å². The Hall–Kier alpha value is -2.57. The van der Waals surface area contributed by atoms with E-state index in [1.54, 1.807) is 18.2 Å². The Balaban J connectivity index is 2.38. The third-order valence-corrected chi connectivity index (χ3v) is 2.21. The molecule has 0 saturated carbocycles. The predicted molar refractivity (Wildman–Crippen MR) is 70.5 cm³/mol. The molecule has 7 heteroatoms. The highest BCUT2D eigenvalue weighted by Crippen LogP contribution is 2.22. The molecule has 0 saturated heterocycles. The fourth-order valence-corrected chi connectivity index (χ4v) is 1.47. The van der Waals surface area contributed by atoms with Crippen molar-refractivity contribution >= 4 is 28.7 Å². The van der Waals surface area contributed by atoms with Crippen molar-refractivity contribution < 1.29 is 4.42 Å². The van der Waals surface area contributed by atoms with E-state index in [2.05, 4.69) is 15.0 Å². The number of rotatable bonds is 2. The van der Waals surface area contributed by atoms with Crippen LogP contribution in [0.2, 0.25) is 0 Å². The Labute approximate surface area is 103 Å². The Morgan fingerprint density at radius 3 is 2.78 bits per heavy atom. The lowest BCUT2D eigenvalue weighted by Gasteiger charge is -1.95. The van der Waals surface area contributed by atoms with Crippen LogP contribution < -0.4 is 17.2 Å². The summed E-state index contributed by atoms with van der Waals surface area (Å²) in [5.74, 6) is 0.540. The van der Waals surface area contributed by atoms with Crippen LogP contribution in [-0.4, -0.2) is 16.9 Å². The molecule has 0 aliphatic rings. The van der Waals surface area contributed by atoms with Crippen LogP contribution in [0.5, 0.6) is 0 Å². The predicted octanol–water partition coefficient (Wildman–Crippen LogP) is 0.610. The van der Waals surface area contributed by atoms with Crippen LogP contribution in [0.3, 0.4) is 0 Å². The number of fused-ring (bicyclic) bond motifs is 1. The lowest BCUT2D eigenvalue weighted by atomic mass is 10.3. The molecule has 6 N–H and O–H groups in total. The van der Waals surface area contributed by atoms with Gasteiger partial charge in [-0.05, 0) is 12.1 Å². The maximum atomic E-state index is 5.54. The Morgan fingerprint density at radius 1 is 1.33 bits per heavy atom. The van der Waals surface area contributed by atoms with Gasteiger partial charge in [-0.15, -0.1) is 0 Å². The summed E-state index contributed by atoms with van der Waals surface area (Å²) in [5.41, 5.74) is 18.0. The highest BCUT2D eigenvalue weighted by atomic mass is 16.3. The number of guanidine groups is 2. The second kappa shape index (κ2) is 4.74. The molecular formula is C11H14N6O. The number of benzene rings is 1. The van der Waals surface area contributed by atoms with Crippen LogP contribution in [0, 0.1) is 0 Å². The number of aliphatic imine (C=N–C) groups is 2. The minimum absolute atomic E-state index is 0.00965. The first-order chi connectivity index (χ1) is 8.58. The van der Waals surface area contributed by atoms with Gasteiger partial charge in [-0.1, -0.05) is 6.92 Å². The standard InChI is InChI=1S/C11H14N6O/c1-2-9-16-7-4-3-6(5-8(7)18-9)15-11(14)17-10(12)13/h3-5H,2H2,1H3,(H6,12,13,14,15,17). The fraction of sp³-hybridized carbons (Fsp3) is 0.182. The number of oxazole rings is 1. The van der Waals surface area contributed by atoms with Gasteiger partial charge in [0.05, 0.1) is 5.69 Å². The third kappa shape index (κ3) is 2.57. The zero-order valence-corrected chi connectivity index (χ0v) is 9.92. The fourth-order valence-electron chi connectivity index (χ4n) is 1.47. The topological polar surface area (TPSA) is 129 Å². The molecule has 94 valence electrons. The molecule has 0 amide bonds. The molecular weight excluding hydrogens is 232 g/mol. The van der Waals surface area contributed by atoms with Crippen molar-refractivity contribution in [2.24, 2.45) is 27.2 Å². The highest BCUT2D eigenvalue weighted by molar-refractivity contribution is 5.94. The first-order valence-corrected chi connectivity index (χ1v) is 5.41. The molecule has 1 heterocycles. The third-order valence-electron chi connectivity index (χ3n) is 2.21. The summed E-state index contributed by atoms with van der Waals surface area (Å²) in [4.78, 5) is 12.0. The molecule has 7 nitrogen and oxygen atoms in total. The molecule has 0 unspecified atom stereocenters. The molecule has 2 aromatic rings. The lowest BCUT2D eigenvalue weighted by molar-refractivity contribution is 0.538. The molecule has 0 aliphatic heterocycles. The average molecular weight is 246 g/mol. The zero-order chi connectivity index (χ0) is 13.1. The smallest absolute Gasteiger partial charge is 0.223 e. The minimum Gasteiger partial charge on any atom is -0.441 e. The summed E-state index contributed by atoms with van der Waals surface area (Å²) in [7, 11) is 0. The van der Waals surface area contributed by atoms with E-state index in [0.717, 1.165) is 11.9 Å². The maximum Gasteiger partial charge on any atom is 0.223 e. The van der Waals surface area contributed by atoms with Crippen molar-refractivity contribution in [3.8, 4) is 0 Å². The van der Waals surface area contributed by atoms with Crippen molar-refractivity contribution in [2.45, 2.75) is 13.3 Å². The molecule has 1 aromatic carbocycles. The number of nitrogens with zero attached hydrogens (tertiary/aromatic N) is 3. The molecule has 0 aliphatic carbocycles. The van der Waals surface area contributed by atoms with E-state index in [-0.39, 0.29) is 11.9 Å². The first kappa shape index (κ1) is 11.9. The lowest BCUT2D eigenvalue weighted by Crippen LogP contribution is -2.26. The van der Waals surface area contributed by atoms with Gasteiger partial charge in [-0.3, -0.25) is 0 Å². The molecule has 1 aromatic heterocycles. The van der Waals surface area contributed by atoms with E-state index in [9.17, 15) is 0 Å². The van der Waals surface area contributed by atoms with Gasteiger partial charge in [-0.25, -0.2) is 9.98 Å². The summed E-state index contributed by atoms with van der Waals surface area (Å²) in [6.45, 7) is 1.97. The molecule has 0 fully saturated rings. The van der Waals surface area contributed by atoms with Gasteiger partial charge in [0.25, 0.3) is 0 Å². The average Bonchev–Trinajstić information content (AvgIpc) is 2.69. The summed E-state index contributed by atoms with van der Waals surface area (Å²) in [6, 6.07) is 5.30. The van der Waals surface area contributed by atoms with Crippen LogP contribution in [0.15, 0.2) is 32.6 Å². The largest absolute Gasteiger partial charge is 0.441 e. The number of hydrogen-bond donors (Lipinski definition) is 3. The number of aromatic nitrogens is 1. The van der Waals surface area contributed by atoms with Gasteiger partial charge in [0.1, 0.15) is 5.52 Å². The van der Waals surface area contributed by atoms with E-state index >= 15 is 0 Å². The molecule has 0 spiro atoms. The summed E-state index contributed by atoms with van der Waals surface area (Å²) < 4.78 is 5.51. The monoisotopic (exact) mass is 246 g/mol. The van der Waals surface area contributed by atoms with Crippen molar-refractivity contribution in [3.63, 3.8) is 0 Å². The highest BCUT2D eigenvalue weighted by Gasteiger charge is 2.04. The molecule has 0 atom stereocenters. The van der Waals surface area contributed by atoms with Gasteiger partial charge in [-0.2, -0.15) is 4.99 Å². The normalized spacial score (nSPS) is 11.7. The van der Waals surface area contributed by atoms with Gasteiger partial charge >= 0.3 is 0 Å². The summed E-state index contributed by atoms with van der Waals surface area (Å²) in [6.07, 6.45) is 0.740. The van der Waals surface area contributed by atoms with Gasteiger partial charge in [0, 0.05) is 12.5 Å². The number of nitrogens with two attached hydrogens (primary N) is 3. The van der Waals surface area contributed by atoms with E-state index < -0.39 is 0 Å². The van der Waals surface area contributed by atoms with Crippen molar-refractivity contribution in [1.29, 1.82) is 0 Å². The Morgan fingerprint density at radius 2 is 2.11 bits per heavy atom. The van der Waals surface area contributed by atoms with Crippen LogP contribution in [0.1, 0.15) is 12.8 Å². The van der Waals surface area contributed by atoms with E-state index in [4.69, 9.17) is 21.6 Å². The Bertz CT molecular complexity index is 623. The van der Waals surface area contributed by atoms with Crippen LogP contribution in [0.25, 0.3) is 11.1 Å². The van der Waals surface area contributed by atoms with Crippen molar-refractivity contribution in [2.75, 3.05) is 0 Å². The minimum atomic E-state index is -0.134. The van der Waals surface area contributed by atoms with Crippen LogP contribution in [0.4, 0.5) is 5.69 Å². The van der Waals surface area contributed by atoms with E-state index in [0.29, 0.717) is 17.2 Å². The van der Waals surface area contributed by atoms with Gasteiger partial charge in [0.15, 0.2) is 17.4 Å².